The molecule has 0 amide bonds. The molecule has 0 aliphatic rings. The van der Waals surface area contributed by atoms with Gasteiger partial charge in [-0.2, -0.15) is 0 Å². The van der Waals surface area contributed by atoms with Crippen molar-refractivity contribution >= 4 is 5.69 Å². The molecule has 1 aromatic heterocycles. The molecule has 0 aliphatic heterocycles. The third kappa shape index (κ3) is 3.39. The minimum absolute atomic E-state index is 0.505. The first kappa shape index (κ1) is 12.7. The van der Waals surface area contributed by atoms with E-state index in [1.165, 1.54) is 17.8 Å². The molecule has 0 spiro atoms. The minimum Gasteiger partial charge on any atom is -0.383 e. The minimum atomic E-state index is 0.505. The highest BCUT2D eigenvalue weighted by atomic mass is 15.0. The average molecular weight is 242 g/mol. The lowest BCUT2D eigenvalue weighted by atomic mass is 10.1. The lowest BCUT2D eigenvalue weighted by Gasteiger charge is -2.18. The van der Waals surface area contributed by atoms with E-state index in [1.807, 2.05) is 12.1 Å². The van der Waals surface area contributed by atoms with Crippen molar-refractivity contribution in [2.75, 3.05) is 5.32 Å². The van der Waals surface area contributed by atoms with E-state index >= 15 is 0 Å². The number of nitrogens with one attached hydrogen (secondary N) is 1. The molecule has 0 saturated carbocycles. The maximum absolute atomic E-state index is 3.56. The van der Waals surface area contributed by atoms with E-state index in [0.29, 0.717) is 6.04 Å². The van der Waals surface area contributed by atoms with Crippen LogP contribution in [0, 0.1) is 5.92 Å². The van der Waals surface area contributed by atoms with Crippen molar-refractivity contribution in [3.8, 4) is 5.69 Å². The van der Waals surface area contributed by atoms with E-state index in [1.54, 1.807) is 0 Å². The Morgan fingerprint density at radius 3 is 2.44 bits per heavy atom. The molecule has 1 aromatic carbocycles. The molecular formula is C16H22N2. The van der Waals surface area contributed by atoms with Crippen molar-refractivity contribution in [2.24, 2.45) is 5.92 Å². The number of benzene rings is 1. The van der Waals surface area contributed by atoms with Crippen LogP contribution in [0.5, 0.6) is 0 Å². The van der Waals surface area contributed by atoms with Crippen LogP contribution in [0.25, 0.3) is 5.69 Å². The summed E-state index contributed by atoms with van der Waals surface area (Å²) in [7, 11) is 0. The number of aromatic nitrogens is 1. The van der Waals surface area contributed by atoms with E-state index < -0.39 is 0 Å². The van der Waals surface area contributed by atoms with Gasteiger partial charge in [-0.15, -0.1) is 0 Å². The molecule has 2 heteroatoms. The fourth-order valence-corrected chi connectivity index (χ4v) is 2.31. The summed E-state index contributed by atoms with van der Waals surface area (Å²) in [6.07, 6.45) is 5.32. The first-order valence-electron chi connectivity index (χ1n) is 6.65. The van der Waals surface area contributed by atoms with Gasteiger partial charge in [0.1, 0.15) is 0 Å². The predicted octanol–water partition coefficient (Wildman–Crippen LogP) is 4.32. The number of rotatable bonds is 5. The zero-order valence-electron chi connectivity index (χ0n) is 11.4. The normalized spacial score (nSPS) is 12.7. The van der Waals surface area contributed by atoms with Gasteiger partial charge in [-0.3, -0.25) is 0 Å². The fourth-order valence-electron chi connectivity index (χ4n) is 2.31. The van der Waals surface area contributed by atoms with Crippen molar-refractivity contribution in [1.82, 2.24) is 4.57 Å². The Morgan fingerprint density at radius 1 is 1.06 bits per heavy atom. The van der Waals surface area contributed by atoms with Gasteiger partial charge in [0.25, 0.3) is 0 Å². The molecule has 1 unspecified atom stereocenters. The topological polar surface area (TPSA) is 17.0 Å². The molecule has 1 heterocycles. The Hall–Kier alpha value is -1.70. The smallest absolute Gasteiger partial charge is 0.0469 e. The van der Waals surface area contributed by atoms with Crippen molar-refractivity contribution < 1.29 is 0 Å². The second-order valence-electron chi connectivity index (χ2n) is 5.32. The summed E-state index contributed by atoms with van der Waals surface area (Å²) in [5.41, 5.74) is 2.39. The number of nitrogens with zero attached hydrogens (tertiary/aromatic N) is 1. The highest BCUT2D eigenvalue weighted by molar-refractivity contribution is 5.51. The quantitative estimate of drug-likeness (QED) is 0.826. The maximum atomic E-state index is 3.56. The van der Waals surface area contributed by atoms with E-state index in [9.17, 15) is 0 Å². The van der Waals surface area contributed by atoms with Crippen LogP contribution in [0.3, 0.4) is 0 Å². The van der Waals surface area contributed by atoms with E-state index in [-0.39, 0.29) is 0 Å². The highest BCUT2D eigenvalue weighted by Gasteiger charge is 2.05. The van der Waals surface area contributed by atoms with Crippen LogP contribution in [0.2, 0.25) is 0 Å². The Balaban J connectivity index is 2.08. The molecule has 0 fully saturated rings. The van der Waals surface area contributed by atoms with E-state index in [0.717, 1.165) is 5.92 Å². The van der Waals surface area contributed by atoms with Gasteiger partial charge < -0.3 is 9.88 Å². The summed E-state index contributed by atoms with van der Waals surface area (Å²) in [5, 5.41) is 3.56. The highest BCUT2D eigenvalue weighted by Crippen LogP contribution is 2.17. The molecule has 2 aromatic rings. The lowest BCUT2D eigenvalue weighted by Crippen LogP contribution is -2.17. The van der Waals surface area contributed by atoms with E-state index in [4.69, 9.17) is 0 Å². The third-order valence-electron chi connectivity index (χ3n) is 2.99. The molecule has 2 nitrogen and oxygen atoms in total. The number of hydrogen-bond acceptors (Lipinski definition) is 1. The van der Waals surface area contributed by atoms with Gasteiger partial charge in [0.05, 0.1) is 0 Å². The molecule has 96 valence electrons. The zero-order valence-corrected chi connectivity index (χ0v) is 11.4. The van der Waals surface area contributed by atoms with Gasteiger partial charge in [-0.1, -0.05) is 19.9 Å². The summed E-state index contributed by atoms with van der Waals surface area (Å²) in [6, 6.07) is 13.1. The second-order valence-corrected chi connectivity index (χ2v) is 5.32. The van der Waals surface area contributed by atoms with Gasteiger partial charge in [-0.25, -0.2) is 0 Å². The Labute approximate surface area is 110 Å². The molecule has 0 aliphatic carbocycles. The summed E-state index contributed by atoms with van der Waals surface area (Å²) in [4.78, 5) is 0. The molecule has 0 bridgehead atoms. The summed E-state index contributed by atoms with van der Waals surface area (Å²) in [5.74, 6) is 0.722. The van der Waals surface area contributed by atoms with Crippen LogP contribution < -0.4 is 5.32 Å². The molecule has 18 heavy (non-hydrogen) atoms. The first-order valence-corrected chi connectivity index (χ1v) is 6.65. The summed E-state index contributed by atoms with van der Waals surface area (Å²) >= 11 is 0. The van der Waals surface area contributed by atoms with Crippen LogP contribution in [-0.4, -0.2) is 10.6 Å². The van der Waals surface area contributed by atoms with Gasteiger partial charge in [0.15, 0.2) is 0 Å². The van der Waals surface area contributed by atoms with Gasteiger partial charge >= 0.3 is 0 Å². The Morgan fingerprint density at radius 2 is 1.78 bits per heavy atom. The Bertz CT molecular complexity index is 472. The molecular weight excluding hydrogens is 220 g/mol. The van der Waals surface area contributed by atoms with Crippen molar-refractivity contribution in [3.63, 3.8) is 0 Å². The van der Waals surface area contributed by atoms with Crippen LogP contribution in [0.15, 0.2) is 48.8 Å². The molecule has 1 N–H and O–H groups in total. The lowest BCUT2D eigenvalue weighted by molar-refractivity contribution is 0.540. The summed E-state index contributed by atoms with van der Waals surface area (Å²) in [6.45, 7) is 6.76. The monoisotopic (exact) mass is 242 g/mol. The standard InChI is InChI=1S/C16H22N2/c1-13(2)11-14(3)17-15-7-6-8-16(12-15)18-9-4-5-10-18/h4-10,12-14,17H,11H2,1-3H3. The first-order chi connectivity index (χ1) is 8.65. The van der Waals surface area contributed by atoms with Crippen molar-refractivity contribution in [1.29, 1.82) is 0 Å². The third-order valence-corrected chi connectivity index (χ3v) is 2.99. The zero-order chi connectivity index (χ0) is 13.0. The maximum Gasteiger partial charge on any atom is 0.0469 e. The second kappa shape index (κ2) is 5.76. The number of anilines is 1. The average Bonchev–Trinajstić information content (AvgIpc) is 2.81. The van der Waals surface area contributed by atoms with Crippen molar-refractivity contribution in [2.45, 2.75) is 33.2 Å². The van der Waals surface area contributed by atoms with E-state index in [2.05, 4.69) is 67.3 Å². The van der Waals surface area contributed by atoms with Crippen molar-refractivity contribution in [3.05, 3.63) is 48.8 Å². The predicted molar refractivity (Wildman–Crippen MR) is 78.3 cm³/mol. The SMILES string of the molecule is CC(C)CC(C)Nc1cccc(-n2cccc2)c1. The van der Waals surface area contributed by atoms with Gasteiger partial charge in [0, 0.05) is 29.8 Å². The summed E-state index contributed by atoms with van der Waals surface area (Å²) < 4.78 is 2.12. The fraction of sp³-hybridized carbons (Fsp3) is 0.375. The van der Waals surface area contributed by atoms with Gasteiger partial charge in [-0.05, 0) is 49.6 Å². The van der Waals surface area contributed by atoms with Crippen LogP contribution in [0.1, 0.15) is 27.2 Å². The Kier molecular flexibility index (Phi) is 4.08. The molecule has 1 atom stereocenters. The molecule has 0 radical (unpaired) electrons. The number of hydrogen-bond donors (Lipinski definition) is 1. The largest absolute Gasteiger partial charge is 0.383 e. The van der Waals surface area contributed by atoms with Crippen LogP contribution >= 0.6 is 0 Å². The van der Waals surface area contributed by atoms with Gasteiger partial charge in [0.2, 0.25) is 0 Å². The van der Waals surface area contributed by atoms with Crippen LogP contribution in [-0.2, 0) is 0 Å². The molecule has 2 rings (SSSR count). The van der Waals surface area contributed by atoms with Crippen LogP contribution in [0.4, 0.5) is 5.69 Å². The molecule has 0 saturated heterocycles.